The lowest BCUT2D eigenvalue weighted by molar-refractivity contribution is -0.137. The van der Waals surface area contributed by atoms with Crippen LogP contribution in [0.15, 0.2) is 24.7 Å². The van der Waals surface area contributed by atoms with Crippen LogP contribution in [0.1, 0.15) is 50.6 Å². The first-order valence-electron chi connectivity index (χ1n) is 9.13. The normalized spacial score (nSPS) is 12.4. The van der Waals surface area contributed by atoms with Crippen molar-refractivity contribution in [3.63, 3.8) is 0 Å². The Hall–Kier alpha value is -3.19. The van der Waals surface area contributed by atoms with Crippen molar-refractivity contribution in [2.24, 2.45) is 0 Å². The highest BCUT2D eigenvalue weighted by molar-refractivity contribution is 7.13. The van der Waals surface area contributed by atoms with Gasteiger partial charge in [-0.2, -0.15) is 13.2 Å². The molecule has 170 valence electrons. The van der Waals surface area contributed by atoms with E-state index >= 15 is 0 Å². The summed E-state index contributed by atoms with van der Waals surface area (Å²) in [7, 11) is 0. The highest BCUT2D eigenvalue weighted by atomic mass is 35.5. The predicted molar refractivity (Wildman–Crippen MR) is 113 cm³/mol. The smallest absolute Gasteiger partial charge is 0.369 e. The van der Waals surface area contributed by atoms with Crippen molar-refractivity contribution in [3.8, 4) is 0 Å². The van der Waals surface area contributed by atoms with Crippen LogP contribution in [-0.4, -0.2) is 31.3 Å². The summed E-state index contributed by atoms with van der Waals surface area (Å²) < 4.78 is 40.5. The largest absolute Gasteiger partial charge is 0.418 e. The van der Waals surface area contributed by atoms with Gasteiger partial charge in [0.15, 0.2) is 0 Å². The molecule has 3 aromatic heterocycles. The van der Waals surface area contributed by atoms with E-state index in [1.807, 2.05) is 6.92 Å². The number of alkyl halides is 3. The molecule has 3 heterocycles. The second-order valence-electron chi connectivity index (χ2n) is 6.51. The van der Waals surface area contributed by atoms with Crippen LogP contribution in [0, 0.1) is 0 Å². The van der Waals surface area contributed by atoms with E-state index in [4.69, 9.17) is 17.3 Å². The molecule has 4 N–H and O–H groups in total. The van der Waals surface area contributed by atoms with Gasteiger partial charge in [0.05, 0.1) is 29.0 Å². The topological polar surface area (TPSA) is 128 Å². The lowest BCUT2D eigenvalue weighted by atomic mass is 10.2. The summed E-state index contributed by atoms with van der Waals surface area (Å²) in [6.07, 6.45) is -1.27. The number of carbonyl (C=O) groups excluding carboxylic acids is 2. The van der Waals surface area contributed by atoms with E-state index in [0.29, 0.717) is 17.6 Å². The lowest BCUT2D eigenvalue weighted by Crippen LogP contribution is -2.28. The molecule has 0 aliphatic carbocycles. The van der Waals surface area contributed by atoms with Gasteiger partial charge in [0.2, 0.25) is 5.95 Å². The van der Waals surface area contributed by atoms with Gasteiger partial charge in [-0.1, -0.05) is 11.6 Å². The number of aromatic nitrogens is 4. The van der Waals surface area contributed by atoms with Gasteiger partial charge in [0.25, 0.3) is 11.8 Å². The van der Waals surface area contributed by atoms with Crippen LogP contribution in [0.4, 0.5) is 24.9 Å². The second kappa shape index (κ2) is 9.12. The Labute approximate surface area is 188 Å². The molecule has 0 spiro atoms. The van der Waals surface area contributed by atoms with E-state index in [-0.39, 0.29) is 22.3 Å². The van der Waals surface area contributed by atoms with E-state index in [1.54, 1.807) is 6.92 Å². The van der Waals surface area contributed by atoms with Crippen LogP contribution < -0.4 is 16.4 Å². The minimum absolute atomic E-state index is 0.120. The van der Waals surface area contributed by atoms with Crippen LogP contribution in [0.3, 0.4) is 0 Å². The number of nitrogens with one attached hydrogen (secondary N) is 2. The number of pyridine rings is 1. The average molecular weight is 488 g/mol. The first-order chi connectivity index (χ1) is 15.0. The molecule has 0 bridgehead atoms. The fourth-order valence-corrected chi connectivity index (χ4v) is 3.76. The fourth-order valence-electron chi connectivity index (χ4n) is 2.73. The maximum atomic E-state index is 13.0. The van der Waals surface area contributed by atoms with Crippen LogP contribution in [0.5, 0.6) is 0 Å². The Bertz CT molecular complexity index is 1160. The number of hydrogen-bond acceptors (Lipinski definition) is 7. The summed E-state index contributed by atoms with van der Waals surface area (Å²) in [5.74, 6) is -1.22. The first-order valence-corrected chi connectivity index (χ1v) is 10.3. The van der Waals surface area contributed by atoms with E-state index < -0.39 is 34.6 Å². The third-order valence-corrected chi connectivity index (χ3v) is 5.78. The van der Waals surface area contributed by atoms with E-state index in [0.717, 1.165) is 17.5 Å². The minimum atomic E-state index is -4.69. The third-order valence-electron chi connectivity index (χ3n) is 4.30. The van der Waals surface area contributed by atoms with Crippen molar-refractivity contribution in [2.45, 2.75) is 32.6 Å². The highest BCUT2D eigenvalue weighted by Crippen LogP contribution is 2.35. The molecule has 0 aliphatic heterocycles. The Morgan fingerprint density at radius 1 is 1.22 bits per heavy atom. The summed E-state index contributed by atoms with van der Waals surface area (Å²) in [6.45, 7) is 3.95. The van der Waals surface area contributed by atoms with Gasteiger partial charge in [-0.05, 0) is 19.9 Å². The number of anilines is 2. The summed E-state index contributed by atoms with van der Waals surface area (Å²) >= 11 is 6.50. The summed E-state index contributed by atoms with van der Waals surface area (Å²) in [5, 5.41) is 4.86. The van der Waals surface area contributed by atoms with Crippen molar-refractivity contribution in [1.29, 1.82) is 0 Å². The molecule has 0 aliphatic rings. The summed E-state index contributed by atoms with van der Waals surface area (Å²) in [4.78, 5) is 36.8. The Kier molecular flexibility index (Phi) is 6.69. The fraction of sp³-hybridized carbons (Fsp3) is 0.278. The minimum Gasteiger partial charge on any atom is -0.369 e. The zero-order valence-corrected chi connectivity index (χ0v) is 18.3. The van der Waals surface area contributed by atoms with Crippen molar-refractivity contribution >= 4 is 46.5 Å². The van der Waals surface area contributed by atoms with Crippen molar-refractivity contribution in [3.05, 3.63) is 50.8 Å². The second-order valence-corrected chi connectivity index (χ2v) is 7.97. The standard InChI is InChI=1S/C18H17ClF3N7O2S/c1-3-29-11(6-26-17(29)23)14(30)27-8(2)16-25-7-12(32-16)15(31)28-13-4-9(18(20,21)22)10(19)5-24-13/h4-8H,3H2,1-2H3,(H2,23,26)(H,27,30)(H,24,28,31). The Morgan fingerprint density at radius 2 is 1.94 bits per heavy atom. The van der Waals surface area contributed by atoms with Gasteiger partial charge in [-0.3, -0.25) is 9.59 Å². The SMILES string of the molecule is CCn1c(C(=O)NC(C)c2ncc(C(=O)Nc3cc(C(F)(F)F)c(Cl)cn3)s2)cnc1N. The number of nitrogen functional groups attached to an aromatic ring is 1. The zero-order valence-electron chi connectivity index (χ0n) is 16.7. The van der Waals surface area contributed by atoms with Gasteiger partial charge >= 0.3 is 6.18 Å². The number of nitrogens with two attached hydrogens (primary N) is 1. The predicted octanol–water partition coefficient (Wildman–Crippen LogP) is 3.75. The van der Waals surface area contributed by atoms with Crippen LogP contribution in [0.25, 0.3) is 0 Å². The molecule has 0 aromatic carbocycles. The quantitative estimate of drug-likeness (QED) is 0.486. The Morgan fingerprint density at radius 3 is 2.59 bits per heavy atom. The molecular weight excluding hydrogens is 471 g/mol. The van der Waals surface area contributed by atoms with Crippen molar-refractivity contribution in [1.82, 2.24) is 24.8 Å². The molecule has 0 saturated heterocycles. The molecule has 9 nitrogen and oxygen atoms in total. The lowest BCUT2D eigenvalue weighted by Gasteiger charge is -2.12. The summed E-state index contributed by atoms with van der Waals surface area (Å²) in [6, 6.07) is 0.0918. The number of imidazole rings is 1. The molecule has 0 saturated carbocycles. The number of carbonyl (C=O) groups is 2. The third kappa shape index (κ3) is 4.99. The van der Waals surface area contributed by atoms with Crippen LogP contribution >= 0.6 is 22.9 Å². The Balaban J connectivity index is 1.70. The van der Waals surface area contributed by atoms with E-state index in [9.17, 15) is 22.8 Å². The first kappa shape index (κ1) is 23.5. The van der Waals surface area contributed by atoms with Crippen LogP contribution in [0.2, 0.25) is 5.02 Å². The van der Waals surface area contributed by atoms with Gasteiger partial charge in [-0.15, -0.1) is 11.3 Å². The number of thiazole rings is 1. The molecular formula is C18H17ClF3N7O2S. The number of hydrogen-bond donors (Lipinski definition) is 3. The van der Waals surface area contributed by atoms with Gasteiger partial charge in [0, 0.05) is 12.7 Å². The number of amides is 2. The van der Waals surface area contributed by atoms with Gasteiger partial charge < -0.3 is 20.9 Å². The number of nitrogens with zero attached hydrogens (tertiary/aromatic N) is 4. The molecule has 0 fully saturated rings. The monoisotopic (exact) mass is 487 g/mol. The average Bonchev–Trinajstić information content (AvgIpc) is 3.35. The molecule has 32 heavy (non-hydrogen) atoms. The molecule has 1 atom stereocenters. The molecule has 2 amide bonds. The van der Waals surface area contributed by atoms with Gasteiger partial charge in [-0.25, -0.2) is 15.0 Å². The van der Waals surface area contributed by atoms with Crippen molar-refractivity contribution < 1.29 is 22.8 Å². The highest BCUT2D eigenvalue weighted by Gasteiger charge is 2.34. The van der Waals surface area contributed by atoms with E-state index in [1.165, 1.54) is 17.0 Å². The maximum absolute atomic E-state index is 13.0. The molecule has 3 aromatic rings. The van der Waals surface area contributed by atoms with Gasteiger partial charge in [0.1, 0.15) is 21.4 Å². The van der Waals surface area contributed by atoms with Crippen molar-refractivity contribution in [2.75, 3.05) is 11.1 Å². The molecule has 3 rings (SSSR count). The van der Waals surface area contributed by atoms with E-state index in [2.05, 4.69) is 25.6 Å². The zero-order chi connectivity index (χ0) is 23.6. The number of halogens is 4. The summed E-state index contributed by atoms with van der Waals surface area (Å²) in [5.41, 5.74) is 4.88. The molecule has 14 heteroatoms. The maximum Gasteiger partial charge on any atom is 0.418 e. The molecule has 0 radical (unpaired) electrons. The van der Waals surface area contributed by atoms with Crippen LogP contribution in [-0.2, 0) is 12.7 Å². The number of rotatable bonds is 6. The molecule has 1 unspecified atom stereocenters.